The van der Waals surface area contributed by atoms with E-state index in [-0.39, 0.29) is 12.0 Å². The molecule has 0 spiro atoms. The van der Waals surface area contributed by atoms with E-state index in [2.05, 4.69) is 31.0 Å². The van der Waals surface area contributed by atoms with Gasteiger partial charge in [0.2, 0.25) is 0 Å². The summed E-state index contributed by atoms with van der Waals surface area (Å²) in [4.78, 5) is 2.24. The highest BCUT2D eigenvalue weighted by Gasteiger charge is 2.36. The number of hydrogen-bond donors (Lipinski definition) is 1. The maximum Gasteiger partial charge on any atom is 0.389 e. The van der Waals surface area contributed by atoms with Crippen LogP contribution in [0.25, 0.3) is 0 Å². The van der Waals surface area contributed by atoms with Gasteiger partial charge >= 0.3 is 6.18 Å². The van der Waals surface area contributed by atoms with Crippen LogP contribution in [0.1, 0.15) is 46.5 Å². The summed E-state index contributed by atoms with van der Waals surface area (Å²) in [6, 6.07) is 0.413. The van der Waals surface area contributed by atoms with Crippen molar-refractivity contribution < 1.29 is 13.2 Å². The molecule has 18 heavy (non-hydrogen) atoms. The van der Waals surface area contributed by atoms with Crippen LogP contribution in [0, 0.1) is 0 Å². The molecule has 0 aromatic heterocycles. The van der Waals surface area contributed by atoms with Crippen LogP contribution in [0.15, 0.2) is 0 Å². The first kappa shape index (κ1) is 15.8. The van der Waals surface area contributed by atoms with Crippen molar-refractivity contribution in [1.29, 1.82) is 0 Å². The molecule has 0 aliphatic carbocycles. The molecule has 0 radical (unpaired) electrons. The van der Waals surface area contributed by atoms with Crippen LogP contribution in [0.3, 0.4) is 0 Å². The summed E-state index contributed by atoms with van der Waals surface area (Å²) in [5, 5.41) is 3.48. The number of rotatable bonds is 5. The third-order valence-electron chi connectivity index (χ3n) is 4.12. The Morgan fingerprint density at radius 3 is 2.50 bits per heavy atom. The van der Waals surface area contributed by atoms with E-state index in [1.165, 1.54) is 0 Å². The number of hydrogen-bond acceptors (Lipinski definition) is 2. The second kappa shape index (κ2) is 6.24. The lowest BCUT2D eigenvalue weighted by Crippen LogP contribution is -2.63. The van der Waals surface area contributed by atoms with Gasteiger partial charge in [0.15, 0.2) is 0 Å². The van der Waals surface area contributed by atoms with Gasteiger partial charge in [-0.05, 0) is 32.7 Å². The lowest BCUT2D eigenvalue weighted by Gasteiger charge is -2.48. The third-order valence-corrected chi connectivity index (χ3v) is 4.12. The van der Waals surface area contributed by atoms with Crippen LogP contribution < -0.4 is 5.32 Å². The Morgan fingerprint density at radius 2 is 2.00 bits per heavy atom. The van der Waals surface area contributed by atoms with E-state index < -0.39 is 12.6 Å². The van der Waals surface area contributed by atoms with Crippen molar-refractivity contribution in [3.05, 3.63) is 0 Å². The predicted octanol–water partition coefficient (Wildman–Crippen LogP) is 3.18. The van der Waals surface area contributed by atoms with Crippen molar-refractivity contribution in [2.24, 2.45) is 0 Å². The van der Waals surface area contributed by atoms with E-state index in [4.69, 9.17) is 0 Å². The largest absolute Gasteiger partial charge is 0.389 e. The van der Waals surface area contributed by atoms with Gasteiger partial charge in [-0.25, -0.2) is 0 Å². The minimum Gasteiger partial charge on any atom is -0.311 e. The minimum absolute atomic E-state index is 0.00271. The number of nitrogens with one attached hydrogen (secondary N) is 1. The fourth-order valence-electron chi connectivity index (χ4n) is 2.48. The molecule has 1 heterocycles. The van der Waals surface area contributed by atoms with Gasteiger partial charge in [0.1, 0.15) is 0 Å². The summed E-state index contributed by atoms with van der Waals surface area (Å²) in [6.07, 6.45) is -2.51. The van der Waals surface area contributed by atoms with Crippen LogP contribution in [-0.4, -0.2) is 42.3 Å². The van der Waals surface area contributed by atoms with Crippen molar-refractivity contribution in [3.63, 3.8) is 0 Å². The fraction of sp³-hybridized carbons (Fsp3) is 1.00. The number of halogens is 3. The second-order valence-electron chi connectivity index (χ2n) is 5.50. The summed E-state index contributed by atoms with van der Waals surface area (Å²) in [5.74, 6) is 0. The highest BCUT2D eigenvalue weighted by atomic mass is 19.4. The Balaban J connectivity index is 2.51. The van der Waals surface area contributed by atoms with Crippen LogP contribution in [0.2, 0.25) is 0 Å². The molecule has 2 unspecified atom stereocenters. The highest BCUT2D eigenvalue weighted by Crippen LogP contribution is 2.26. The molecule has 0 saturated carbocycles. The van der Waals surface area contributed by atoms with Crippen molar-refractivity contribution in [1.82, 2.24) is 10.2 Å². The Kier molecular flexibility index (Phi) is 5.46. The van der Waals surface area contributed by atoms with Gasteiger partial charge < -0.3 is 5.32 Å². The quantitative estimate of drug-likeness (QED) is 0.822. The van der Waals surface area contributed by atoms with Crippen LogP contribution in [0.5, 0.6) is 0 Å². The second-order valence-corrected chi connectivity index (χ2v) is 5.50. The number of piperazine rings is 1. The monoisotopic (exact) mass is 266 g/mol. The lowest BCUT2D eigenvalue weighted by molar-refractivity contribution is -0.137. The Labute approximate surface area is 108 Å². The fourth-order valence-corrected chi connectivity index (χ4v) is 2.48. The van der Waals surface area contributed by atoms with Crippen molar-refractivity contribution in [2.75, 3.05) is 19.6 Å². The molecular formula is C13H25F3N2. The Morgan fingerprint density at radius 1 is 1.33 bits per heavy atom. The van der Waals surface area contributed by atoms with Crippen LogP contribution in [-0.2, 0) is 0 Å². The molecule has 0 aromatic carbocycles. The van der Waals surface area contributed by atoms with Crippen molar-refractivity contribution in [3.8, 4) is 0 Å². The maximum atomic E-state index is 12.2. The first-order chi connectivity index (χ1) is 8.30. The summed E-state index contributed by atoms with van der Waals surface area (Å²) in [5.41, 5.74) is -0.00271. The van der Waals surface area contributed by atoms with E-state index in [0.717, 1.165) is 25.9 Å². The number of nitrogens with zero attached hydrogens (tertiary/aromatic N) is 1. The van der Waals surface area contributed by atoms with Crippen LogP contribution >= 0.6 is 0 Å². The minimum atomic E-state index is -4.03. The molecule has 0 amide bonds. The molecule has 0 bridgehead atoms. The first-order valence-corrected chi connectivity index (χ1v) is 6.86. The molecule has 1 fully saturated rings. The summed E-state index contributed by atoms with van der Waals surface area (Å²) < 4.78 is 36.6. The first-order valence-electron chi connectivity index (χ1n) is 6.86. The van der Waals surface area contributed by atoms with Gasteiger partial charge in [-0.1, -0.05) is 13.8 Å². The van der Waals surface area contributed by atoms with Gasteiger partial charge in [0, 0.05) is 31.1 Å². The third kappa shape index (κ3) is 4.43. The van der Waals surface area contributed by atoms with Gasteiger partial charge in [-0.2, -0.15) is 13.2 Å². The molecule has 1 aliphatic rings. The SMILES string of the molecule is CCC1CN(CCCC(F)(F)F)C(C)(CC)CN1. The lowest BCUT2D eigenvalue weighted by atomic mass is 9.91. The van der Waals surface area contributed by atoms with Crippen molar-refractivity contribution >= 4 is 0 Å². The average Bonchev–Trinajstić information content (AvgIpc) is 2.30. The van der Waals surface area contributed by atoms with Gasteiger partial charge in [0.25, 0.3) is 0 Å². The van der Waals surface area contributed by atoms with E-state index in [1.807, 2.05) is 0 Å². The van der Waals surface area contributed by atoms with Crippen LogP contribution in [0.4, 0.5) is 13.2 Å². The van der Waals surface area contributed by atoms with E-state index in [9.17, 15) is 13.2 Å². The molecule has 2 atom stereocenters. The molecule has 1 rings (SSSR count). The topological polar surface area (TPSA) is 15.3 Å². The van der Waals surface area contributed by atoms with Gasteiger partial charge in [-0.3, -0.25) is 4.90 Å². The molecule has 0 aromatic rings. The summed E-state index contributed by atoms with van der Waals surface area (Å²) >= 11 is 0. The average molecular weight is 266 g/mol. The van der Waals surface area contributed by atoms with E-state index >= 15 is 0 Å². The Bertz CT molecular complexity index is 255. The molecule has 108 valence electrons. The molecule has 1 aliphatic heterocycles. The molecular weight excluding hydrogens is 241 g/mol. The van der Waals surface area contributed by atoms with E-state index in [0.29, 0.717) is 12.6 Å². The molecule has 1 N–H and O–H groups in total. The molecule has 1 saturated heterocycles. The summed E-state index contributed by atoms with van der Waals surface area (Å²) in [7, 11) is 0. The Hall–Kier alpha value is -0.290. The van der Waals surface area contributed by atoms with Gasteiger partial charge in [0.05, 0.1) is 0 Å². The highest BCUT2D eigenvalue weighted by molar-refractivity contribution is 4.94. The molecule has 5 heteroatoms. The summed E-state index contributed by atoms with van der Waals surface area (Å²) in [6.45, 7) is 8.62. The number of alkyl halides is 3. The van der Waals surface area contributed by atoms with E-state index in [1.54, 1.807) is 0 Å². The van der Waals surface area contributed by atoms with Crippen molar-refractivity contribution in [2.45, 2.75) is 64.2 Å². The smallest absolute Gasteiger partial charge is 0.311 e. The normalized spacial score (nSPS) is 30.7. The zero-order valence-corrected chi connectivity index (χ0v) is 11.6. The molecule has 2 nitrogen and oxygen atoms in total. The van der Waals surface area contributed by atoms with Gasteiger partial charge in [-0.15, -0.1) is 0 Å². The zero-order chi connectivity index (χ0) is 13.8. The predicted molar refractivity (Wildman–Crippen MR) is 67.6 cm³/mol. The standard InChI is InChI=1S/C13H25F3N2/c1-4-11-9-18(8-6-7-13(14,15)16)12(3,5-2)10-17-11/h11,17H,4-10H2,1-3H3. The maximum absolute atomic E-state index is 12.2. The zero-order valence-electron chi connectivity index (χ0n) is 11.6.